The summed E-state index contributed by atoms with van der Waals surface area (Å²) in [6.07, 6.45) is 1.01. The number of cyclic esters (lactones) is 1. The maximum atomic E-state index is 12.8. The topological polar surface area (TPSA) is 26.3 Å². The van der Waals surface area contributed by atoms with Crippen molar-refractivity contribution in [2.45, 2.75) is 32.8 Å². The molecule has 1 heterocycles. The Morgan fingerprint density at radius 1 is 0.714 bits per heavy atom. The van der Waals surface area contributed by atoms with Crippen LogP contribution in [0.25, 0.3) is 0 Å². The van der Waals surface area contributed by atoms with Crippen LogP contribution in [0.4, 0.5) is 0 Å². The molecule has 2 nitrogen and oxygen atoms in total. The van der Waals surface area contributed by atoms with E-state index in [1.165, 1.54) is 16.7 Å². The smallest absolute Gasteiger partial charge is 0.335 e. The van der Waals surface area contributed by atoms with Crippen LogP contribution in [0.15, 0.2) is 90.0 Å². The molecule has 28 heavy (non-hydrogen) atoms. The Kier molecular flexibility index (Phi) is 5.12. The normalized spacial score (nSPS) is 16.4. The Morgan fingerprint density at radius 3 is 1.82 bits per heavy atom. The molecule has 0 fully saturated rings. The number of ether oxygens (including phenoxy) is 1. The number of rotatable bonds is 5. The molecule has 1 atom stereocenters. The van der Waals surface area contributed by atoms with Gasteiger partial charge in [0.05, 0.1) is 0 Å². The monoisotopic (exact) mass is 368 g/mol. The lowest BCUT2D eigenvalue weighted by Crippen LogP contribution is -2.04. The van der Waals surface area contributed by atoms with Crippen molar-refractivity contribution in [3.05, 3.63) is 118 Å². The van der Waals surface area contributed by atoms with Crippen LogP contribution in [-0.4, -0.2) is 5.97 Å². The van der Waals surface area contributed by atoms with Gasteiger partial charge in [0.15, 0.2) is 0 Å². The standard InChI is InChI=1S/C26H24O2/c1-18-8-12-20(13-9-18)16-23-24(17-21-14-10-19(2)11-15-21)26(27)28-25(23)22-6-4-3-5-7-22/h3-15,25H,16-17H2,1-2H3. The average molecular weight is 368 g/mol. The highest BCUT2D eigenvalue weighted by Crippen LogP contribution is 2.38. The van der Waals surface area contributed by atoms with Gasteiger partial charge in [0, 0.05) is 12.0 Å². The lowest BCUT2D eigenvalue weighted by atomic mass is 9.90. The molecule has 0 saturated heterocycles. The van der Waals surface area contributed by atoms with E-state index < -0.39 is 0 Å². The zero-order valence-corrected chi connectivity index (χ0v) is 16.3. The Balaban J connectivity index is 1.73. The highest BCUT2D eigenvalue weighted by Gasteiger charge is 2.34. The molecule has 0 N–H and O–H groups in total. The van der Waals surface area contributed by atoms with E-state index in [-0.39, 0.29) is 12.1 Å². The Morgan fingerprint density at radius 2 is 1.25 bits per heavy atom. The fourth-order valence-electron chi connectivity index (χ4n) is 3.66. The summed E-state index contributed by atoms with van der Waals surface area (Å²) in [5, 5.41) is 0. The van der Waals surface area contributed by atoms with Crippen LogP contribution in [0.1, 0.15) is 33.9 Å². The molecule has 0 radical (unpaired) electrons. The van der Waals surface area contributed by atoms with Gasteiger partial charge < -0.3 is 4.74 Å². The molecule has 0 saturated carbocycles. The molecule has 2 heteroatoms. The van der Waals surface area contributed by atoms with E-state index in [4.69, 9.17) is 4.74 Å². The summed E-state index contributed by atoms with van der Waals surface area (Å²) in [6, 6.07) is 26.9. The Hall–Kier alpha value is -3.13. The molecule has 0 aromatic heterocycles. The van der Waals surface area contributed by atoms with E-state index in [0.717, 1.165) is 22.3 Å². The minimum Gasteiger partial charge on any atom is -0.449 e. The second-order valence-electron chi connectivity index (χ2n) is 7.52. The third-order valence-electron chi connectivity index (χ3n) is 5.29. The maximum Gasteiger partial charge on any atom is 0.335 e. The molecule has 140 valence electrons. The van der Waals surface area contributed by atoms with E-state index in [1.807, 2.05) is 30.3 Å². The van der Waals surface area contributed by atoms with Gasteiger partial charge in [-0.05, 0) is 42.5 Å². The van der Waals surface area contributed by atoms with Crippen molar-refractivity contribution in [2.75, 3.05) is 0 Å². The van der Waals surface area contributed by atoms with Crippen LogP contribution in [0.3, 0.4) is 0 Å². The van der Waals surface area contributed by atoms with Crippen molar-refractivity contribution in [3.8, 4) is 0 Å². The van der Waals surface area contributed by atoms with Gasteiger partial charge in [-0.25, -0.2) is 4.79 Å². The largest absolute Gasteiger partial charge is 0.449 e. The molecule has 0 amide bonds. The van der Waals surface area contributed by atoms with Crippen molar-refractivity contribution in [1.29, 1.82) is 0 Å². The lowest BCUT2D eigenvalue weighted by Gasteiger charge is -2.15. The Bertz CT molecular complexity index is 997. The molecule has 1 unspecified atom stereocenters. The molecule has 4 rings (SSSR count). The van der Waals surface area contributed by atoms with Gasteiger partial charge in [-0.15, -0.1) is 0 Å². The summed E-state index contributed by atoms with van der Waals surface area (Å²) >= 11 is 0. The molecular formula is C26H24O2. The van der Waals surface area contributed by atoms with Crippen molar-refractivity contribution in [3.63, 3.8) is 0 Å². The SMILES string of the molecule is Cc1ccc(CC2=C(Cc3ccc(C)cc3)C(c3ccccc3)OC2=O)cc1. The van der Waals surface area contributed by atoms with Crippen LogP contribution >= 0.6 is 0 Å². The van der Waals surface area contributed by atoms with Gasteiger partial charge in [0.2, 0.25) is 0 Å². The predicted molar refractivity (Wildman–Crippen MR) is 112 cm³/mol. The second kappa shape index (κ2) is 7.85. The third kappa shape index (κ3) is 3.91. The zero-order valence-electron chi connectivity index (χ0n) is 16.3. The predicted octanol–water partition coefficient (Wildman–Crippen LogP) is 5.68. The van der Waals surface area contributed by atoms with E-state index in [2.05, 4.69) is 62.4 Å². The van der Waals surface area contributed by atoms with Crippen molar-refractivity contribution in [1.82, 2.24) is 0 Å². The van der Waals surface area contributed by atoms with Crippen molar-refractivity contribution >= 4 is 5.97 Å². The van der Waals surface area contributed by atoms with Gasteiger partial charge in [0.25, 0.3) is 0 Å². The first-order chi connectivity index (χ1) is 13.6. The van der Waals surface area contributed by atoms with E-state index in [1.54, 1.807) is 0 Å². The van der Waals surface area contributed by atoms with Gasteiger partial charge in [-0.3, -0.25) is 0 Å². The van der Waals surface area contributed by atoms with Gasteiger partial charge in [0.1, 0.15) is 6.10 Å². The van der Waals surface area contributed by atoms with Gasteiger partial charge in [-0.2, -0.15) is 0 Å². The summed E-state index contributed by atoms with van der Waals surface area (Å²) in [5.41, 5.74) is 7.66. The Labute approximate surface area is 166 Å². The number of benzene rings is 3. The molecule has 0 spiro atoms. The summed E-state index contributed by atoms with van der Waals surface area (Å²) in [4.78, 5) is 12.8. The second-order valence-corrected chi connectivity index (χ2v) is 7.52. The molecule has 3 aromatic carbocycles. The molecule has 0 bridgehead atoms. The quantitative estimate of drug-likeness (QED) is 0.541. The van der Waals surface area contributed by atoms with Crippen molar-refractivity contribution < 1.29 is 9.53 Å². The van der Waals surface area contributed by atoms with Crippen LogP contribution in [0, 0.1) is 13.8 Å². The minimum atomic E-state index is -0.310. The van der Waals surface area contributed by atoms with Crippen molar-refractivity contribution in [2.24, 2.45) is 0 Å². The fourth-order valence-corrected chi connectivity index (χ4v) is 3.66. The molecule has 1 aliphatic rings. The van der Waals surface area contributed by atoms with E-state index in [0.29, 0.717) is 12.8 Å². The maximum absolute atomic E-state index is 12.8. The molecule has 1 aliphatic heterocycles. The zero-order chi connectivity index (χ0) is 19.5. The number of esters is 1. The van der Waals surface area contributed by atoms with Gasteiger partial charge in [-0.1, -0.05) is 90.0 Å². The third-order valence-corrected chi connectivity index (χ3v) is 5.29. The van der Waals surface area contributed by atoms with E-state index >= 15 is 0 Å². The summed E-state index contributed by atoms with van der Waals surface area (Å²) in [6.45, 7) is 4.15. The first kappa shape index (κ1) is 18.2. The van der Waals surface area contributed by atoms with Crippen LogP contribution in [0.5, 0.6) is 0 Å². The average Bonchev–Trinajstić information content (AvgIpc) is 3.01. The first-order valence-corrected chi connectivity index (χ1v) is 9.69. The number of hydrogen-bond acceptors (Lipinski definition) is 2. The van der Waals surface area contributed by atoms with Crippen LogP contribution in [-0.2, 0) is 22.4 Å². The summed E-state index contributed by atoms with van der Waals surface area (Å²) < 4.78 is 5.85. The fraction of sp³-hybridized carbons (Fsp3) is 0.192. The lowest BCUT2D eigenvalue weighted by molar-refractivity contribution is -0.140. The number of hydrogen-bond donors (Lipinski definition) is 0. The summed E-state index contributed by atoms with van der Waals surface area (Å²) in [7, 11) is 0. The van der Waals surface area contributed by atoms with Crippen LogP contribution < -0.4 is 0 Å². The first-order valence-electron chi connectivity index (χ1n) is 9.69. The van der Waals surface area contributed by atoms with Gasteiger partial charge >= 0.3 is 5.97 Å². The highest BCUT2D eigenvalue weighted by molar-refractivity contribution is 5.93. The number of carbonyl (C=O) groups excluding carboxylic acids is 1. The number of aryl methyl sites for hydroxylation is 2. The highest BCUT2D eigenvalue weighted by atomic mass is 16.5. The minimum absolute atomic E-state index is 0.198. The van der Waals surface area contributed by atoms with Crippen LogP contribution in [0.2, 0.25) is 0 Å². The molecular weight excluding hydrogens is 344 g/mol. The summed E-state index contributed by atoms with van der Waals surface area (Å²) in [5.74, 6) is -0.198. The number of carbonyl (C=O) groups is 1. The molecule has 0 aliphatic carbocycles. The van der Waals surface area contributed by atoms with E-state index in [9.17, 15) is 4.79 Å². The molecule has 3 aromatic rings.